The third-order valence-electron chi connectivity index (χ3n) is 15.9. The van der Waals surface area contributed by atoms with Gasteiger partial charge in [-0.1, -0.05) is 130 Å². The molecule has 0 atom stereocenters. The molecule has 0 aromatic heterocycles. The van der Waals surface area contributed by atoms with Crippen molar-refractivity contribution in [2.45, 2.75) is 274 Å². The summed E-state index contributed by atoms with van der Waals surface area (Å²) in [5, 5.41) is 5.72. The zero-order chi connectivity index (χ0) is 55.4. The number of aliphatic imine (C=N–C) groups is 2. The summed E-state index contributed by atoms with van der Waals surface area (Å²) in [5.41, 5.74) is 15.5. The van der Waals surface area contributed by atoms with Crippen molar-refractivity contribution in [3.63, 3.8) is 0 Å². The molecule has 422 valence electrons. The van der Waals surface area contributed by atoms with Gasteiger partial charge >= 0.3 is 225 Å². The smallest absolute Gasteiger partial charge is 0 e. The zero-order valence-corrected chi connectivity index (χ0v) is 58.7. The Morgan fingerprint density at radius 1 is 0.429 bits per heavy atom. The molecule has 0 amide bonds. The van der Waals surface area contributed by atoms with E-state index in [1.165, 1.54) is 114 Å². The van der Waals surface area contributed by atoms with Gasteiger partial charge in [0.15, 0.2) is 0 Å². The molecule has 2 aliphatic rings. The molecule has 0 bridgehead atoms. The van der Waals surface area contributed by atoms with E-state index in [2.05, 4.69) is 242 Å². The summed E-state index contributed by atoms with van der Waals surface area (Å²) in [7, 11) is 0. The van der Waals surface area contributed by atoms with Gasteiger partial charge in [-0.2, -0.15) is 0 Å². The van der Waals surface area contributed by atoms with Crippen molar-refractivity contribution in [2.75, 3.05) is 3.86 Å². The van der Waals surface area contributed by atoms with Gasteiger partial charge in [-0.25, -0.2) is 0 Å². The number of rotatable bonds is 16. The predicted octanol–water partition coefficient (Wildman–Crippen LogP) is 17.3. The monoisotopic (exact) mass is 1270 g/mol. The number of benzene rings is 4. The van der Waals surface area contributed by atoms with Gasteiger partial charge in [-0.3, -0.25) is 0 Å². The molecule has 6 radical (unpaired) electrons. The summed E-state index contributed by atoms with van der Waals surface area (Å²) >= 11 is 2.22. The first kappa shape index (κ1) is 68.6. The minimum atomic E-state index is 0. The zero-order valence-electron chi connectivity index (χ0n) is 52.1. The molecular formula is C68H104GaGeIN6-2. The minimum Gasteiger partial charge on any atom is -1.00 e. The molecule has 9 heteroatoms. The average Bonchev–Trinajstić information content (AvgIpc) is 3.36. The third-order valence-corrected chi connectivity index (χ3v) is 16.8. The van der Waals surface area contributed by atoms with Crippen LogP contribution in [0.25, 0.3) is 5.32 Å². The second kappa shape index (κ2) is 32.1. The van der Waals surface area contributed by atoms with E-state index >= 15 is 0 Å². The van der Waals surface area contributed by atoms with Gasteiger partial charge in [-0.15, -0.1) is 0 Å². The Hall–Kier alpha value is -2.67. The molecule has 2 aliphatic carbocycles. The van der Waals surface area contributed by atoms with Crippen molar-refractivity contribution in [3.8, 4) is 0 Å². The maximum Gasteiger partial charge on any atom is 0 e. The molecule has 0 spiro atoms. The second-order valence-corrected chi connectivity index (χ2v) is 26.2. The van der Waals surface area contributed by atoms with Crippen molar-refractivity contribution in [2.24, 2.45) is 9.98 Å². The Bertz CT molecular complexity index is 2340. The van der Waals surface area contributed by atoms with E-state index in [9.17, 15) is 0 Å². The van der Waals surface area contributed by atoms with Gasteiger partial charge in [0.1, 0.15) is 0 Å². The number of guanidine groups is 2. The summed E-state index contributed by atoms with van der Waals surface area (Å²) in [6, 6.07) is 28.8. The van der Waals surface area contributed by atoms with Crippen LogP contribution < -0.4 is 27.8 Å². The summed E-state index contributed by atoms with van der Waals surface area (Å²) in [6.45, 7) is 45.8. The van der Waals surface area contributed by atoms with Crippen LogP contribution in [-0.4, -0.2) is 82.4 Å². The fourth-order valence-corrected chi connectivity index (χ4v) is 12.7. The molecule has 0 aliphatic heterocycles. The molecule has 2 saturated carbocycles. The van der Waals surface area contributed by atoms with E-state index in [-0.39, 0.29) is 43.8 Å². The summed E-state index contributed by atoms with van der Waals surface area (Å²) < 4.78 is 2.38. The molecular weight excluding hydrogens is 1170 g/mol. The number of anilines is 1. The summed E-state index contributed by atoms with van der Waals surface area (Å²) in [5.74, 6) is 5.29. The van der Waals surface area contributed by atoms with Crippen LogP contribution in [0, 0.1) is 0 Å². The number of hydrogen-bond donors (Lipinski definition) is 0. The molecule has 6 nitrogen and oxygen atoms in total. The van der Waals surface area contributed by atoms with Crippen molar-refractivity contribution in [3.05, 3.63) is 123 Å². The van der Waals surface area contributed by atoms with E-state index in [0.29, 0.717) is 71.5 Å². The molecule has 77 heavy (non-hydrogen) atoms. The van der Waals surface area contributed by atoms with Crippen molar-refractivity contribution in [1.82, 2.24) is 9.80 Å². The standard InChI is InChI=1S/C37H56N3.C31H48GeN3.Ga.HI/c1-25(2)31-21-15-22-32(26(3)4)35(31)38-37(39-36-33(27(5)6)23-16-24-34(36)28(7)8)40(29-17-11-9-12-18-29)30-19-13-10-14-20-30;1-19(2)25-15-13-16-26(20(3)4)29(25)33-31(34(23(9)10)24(11)12)35(32)30-27(21(5)6)17-14-18-28(30)22(7)8;;/h15-16,21-30H,9-14,17-20H2,1-8H3;13-24H,1-12H3;;1H/q-1;;;/p-1. The fraction of sp³-hybridized carbons (Fsp3) is 0.618. The van der Waals surface area contributed by atoms with Gasteiger partial charge < -0.3 is 39.2 Å². The topological polar surface area (TPSA) is 48.5 Å². The van der Waals surface area contributed by atoms with Crippen LogP contribution in [0.15, 0.2) is 82.8 Å². The maximum absolute atomic E-state index is 5.72. The average molecular weight is 1270 g/mol. The SMILES string of the molecule is CC(C)c1cccc(C(C)C)c1N=C([N-]c1c(C(C)C)cccc1C(C)C)N(C1CCCCC1)C1CCCCC1.CC(C)c1cccc(C(C)C)c1N=C([N]([Ge])c1c(C(C)C)cccc1C(C)C)N(C(C)C)C(C)C.[Ga].[I-]. The van der Waals surface area contributed by atoms with E-state index in [1.807, 2.05) is 0 Å². The molecule has 0 heterocycles. The molecule has 4 aromatic rings. The summed E-state index contributed by atoms with van der Waals surface area (Å²) in [4.78, 5) is 16.5. The number of hydrogen-bond acceptors (Lipinski definition) is 2. The number of halogens is 1. The Balaban J connectivity index is 0.000000399. The Morgan fingerprint density at radius 3 is 1.01 bits per heavy atom. The second-order valence-electron chi connectivity index (χ2n) is 25.2. The molecule has 4 aromatic carbocycles. The van der Waals surface area contributed by atoms with Gasteiger partial charge in [0.05, 0.1) is 0 Å². The van der Waals surface area contributed by atoms with Crippen LogP contribution in [0.5, 0.6) is 0 Å². The Labute approximate surface area is 511 Å². The minimum absolute atomic E-state index is 0. The molecule has 2 fully saturated rings. The van der Waals surface area contributed by atoms with Crippen LogP contribution in [-0.2, 0) is 0 Å². The predicted molar refractivity (Wildman–Crippen MR) is 337 cm³/mol. The quantitative estimate of drug-likeness (QED) is 0.0486. The van der Waals surface area contributed by atoms with Crippen molar-refractivity contribution >= 4 is 71.2 Å². The Kier molecular flexibility index (Phi) is 28.6. The Morgan fingerprint density at radius 2 is 0.714 bits per heavy atom. The number of nitrogens with zero attached hydrogens (tertiary/aromatic N) is 6. The van der Waals surface area contributed by atoms with Crippen molar-refractivity contribution < 1.29 is 24.0 Å². The van der Waals surface area contributed by atoms with E-state index in [0.717, 1.165) is 29.0 Å². The van der Waals surface area contributed by atoms with Crippen LogP contribution in [0.4, 0.5) is 22.7 Å². The van der Waals surface area contributed by atoms with Gasteiger partial charge in [-0.05, 0) is 95.1 Å². The van der Waals surface area contributed by atoms with E-state index in [4.69, 9.17) is 15.3 Å². The van der Waals surface area contributed by atoms with Gasteiger partial charge in [0.2, 0.25) is 0 Å². The summed E-state index contributed by atoms with van der Waals surface area (Å²) in [6.07, 6.45) is 13.0. The maximum atomic E-state index is 5.72. The van der Waals surface area contributed by atoms with E-state index in [1.54, 1.807) is 0 Å². The van der Waals surface area contributed by atoms with Crippen LogP contribution in [0.1, 0.15) is 295 Å². The van der Waals surface area contributed by atoms with Crippen LogP contribution >= 0.6 is 0 Å². The van der Waals surface area contributed by atoms with Gasteiger partial charge in [0.25, 0.3) is 0 Å². The molecule has 6 rings (SSSR count). The first-order valence-electron chi connectivity index (χ1n) is 30.0. The van der Waals surface area contributed by atoms with Gasteiger partial charge in [0, 0.05) is 25.7 Å². The fourth-order valence-electron chi connectivity index (χ4n) is 11.9. The largest absolute Gasteiger partial charge is 1.00 e. The first-order valence-corrected chi connectivity index (χ1v) is 30.9. The normalized spacial score (nSPS) is 15.1. The third kappa shape index (κ3) is 17.7. The molecule has 0 saturated heterocycles. The van der Waals surface area contributed by atoms with Crippen LogP contribution in [0.3, 0.4) is 0 Å². The number of para-hydroxylation sites is 4. The van der Waals surface area contributed by atoms with E-state index < -0.39 is 0 Å². The molecule has 0 N–H and O–H groups in total. The van der Waals surface area contributed by atoms with Crippen molar-refractivity contribution in [1.29, 1.82) is 0 Å². The first-order chi connectivity index (χ1) is 35.5. The molecule has 0 unspecified atom stereocenters. The van der Waals surface area contributed by atoms with Crippen LogP contribution in [0.2, 0.25) is 0 Å².